The summed E-state index contributed by atoms with van der Waals surface area (Å²) >= 11 is 0. The molecule has 0 aromatic heterocycles. The van der Waals surface area contributed by atoms with Crippen LogP contribution in [0.3, 0.4) is 0 Å². The van der Waals surface area contributed by atoms with Crippen molar-refractivity contribution in [3.05, 3.63) is 23.8 Å². The average Bonchev–Trinajstić information content (AvgIpc) is 3.15. The van der Waals surface area contributed by atoms with E-state index in [0.717, 1.165) is 57.2 Å². The van der Waals surface area contributed by atoms with Crippen molar-refractivity contribution < 1.29 is 14.3 Å². The summed E-state index contributed by atoms with van der Waals surface area (Å²) in [4.78, 5) is 16.9. The molecule has 1 unspecified atom stereocenters. The molecule has 0 spiro atoms. The van der Waals surface area contributed by atoms with Crippen LogP contribution in [-0.2, 0) is 4.79 Å². The molecule has 3 heterocycles. The molecule has 1 aromatic rings. The Balaban J connectivity index is 1.38. The number of fused-ring (bicyclic) bond motifs is 1. The van der Waals surface area contributed by atoms with Gasteiger partial charge in [-0.1, -0.05) is 6.07 Å². The number of nitrogens with zero attached hydrogens (tertiary/aromatic N) is 2. The molecule has 25 heavy (non-hydrogen) atoms. The van der Waals surface area contributed by atoms with Gasteiger partial charge in [0.25, 0.3) is 0 Å². The fraction of sp³-hybridized carbons (Fsp3) is 0.632. The highest BCUT2D eigenvalue weighted by Crippen LogP contribution is 2.38. The Morgan fingerprint density at radius 1 is 1.12 bits per heavy atom. The van der Waals surface area contributed by atoms with Gasteiger partial charge >= 0.3 is 0 Å². The molecule has 1 amide bonds. The van der Waals surface area contributed by atoms with Crippen molar-refractivity contribution in [2.45, 2.75) is 25.3 Å². The van der Waals surface area contributed by atoms with E-state index >= 15 is 0 Å². The Bertz CT molecular complexity index is 616. The lowest BCUT2D eigenvalue weighted by Gasteiger charge is -2.30. The highest BCUT2D eigenvalue weighted by molar-refractivity contribution is 5.76. The zero-order valence-electron chi connectivity index (χ0n) is 14.7. The van der Waals surface area contributed by atoms with Gasteiger partial charge < -0.3 is 19.7 Å². The molecule has 136 valence electrons. The Morgan fingerprint density at radius 2 is 1.92 bits per heavy atom. The van der Waals surface area contributed by atoms with Gasteiger partial charge in [0.2, 0.25) is 5.91 Å². The van der Waals surface area contributed by atoms with Crippen LogP contribution in [0.15, 0.2) is 18.2 Å². The molecule has 0 radical (unpaired) electrons. The summed E-state index contributed by atoms with van der Waals surface area (Å²) in [6, 6.07) is 6.67. The zero-order valence-corrected chi connectivity index (χ0v) is 14.7. The van der Waals surface area contributed by atoms with Crippen molar-refractivity contribution in [1.29, 1.82) is 0 Å². The number of carbonyl (C=O) groups excluding carboxylic acids is 1. The number of nitrogens with one attached hydrogen (secondary N) is 1. The summed E-state index contributed by atoms with van der Waals surface area (Å²) in [6.45, 7) is 6.63. The van der Waals surface area contributed by atoms with Gasteiger partial charge in [0.1, 0.15) is 13.2 Å². The number of hydrogen-bond acceptors (Lipinski definition) is 5. The predicted molar refractivity (Wildman–Crippen MR) is 95.0 cm³/mol. The largest absolute Gasteiger partial charge is 0.486 e. The van der Waals surface area contributed by atoms with E-state index in [1.54, 1.807) is 0 Å². The van der Waals surface area contributed by atoms with Crippen LogP contribution in [0.1, 0.15) is 30.9 Å². The van der Waals surface area contributed by atoms with E-state index in [1.165, 1.54) is 12.0 Å². The molecule has 2 fully saturated rings. The third-order valence-electron chi connectivity index (χ3n) is 5.40. The second-order valence-corrected chi connectivity index (χ2v) is 6.98. The molecule has 0 saturated carbocycles. The number of benzene rings is 1. The van der Waals surface area contributed by atoms with Crippen LogP contribution in [0.5, 0.6) is 11.5 Å². The second-order valence-electron chi connectivity index (χ2n) is 6.98. The second kappa shape index (κ2) is 7.62. The molecular formula is C19H27N3O3. The topological polar surface area (TPSA) is 54.0 Å². The van der Waals surface area contributed by atoms with Gasteiger partial charge in [-0.25, -0.2) is 0 Å². The highest BCUT2D eigenvalue weighted by atomic mass is 16.6. The Morgan fingerprint density at radius 3 is 2.76 bits per heavy atom. The van der Waals surface area contributed by atoms with E-state index in [4.69, 9.17) is 9.47 Å². The lowest BCUT2D eigenvalue weighted by molar-refractivity contribution is -0.132. The summed E-state index contributed by atoms with van der Waals surface area (Å²) in [6.07, 6.45) is 2.93. The van der Waals surface area contributed by atoms with Crippen LogP contribution in [0, 0.1) is 0 Å². The van der Waals surface area contributed by atoms with Crippen molar-refractivity contribution in [1.82, 2.24) is 15.1 Å². The molecule has 3 aliphatic heterocycles. The molecule has 6 nitrogen and oxygen atoms in total. The summed E-state index contributed by atoms with van der Waals surface area (Å²) in [7, 11) is 0. The van der Waals surface area contributed by atoms with Crippen LogP contribution in [-0.4, -0.2) is 68.2 Å². The SMILES string of the molecule is O=C(CCN1CCCC1c1ccc2c(c1)OCCO2)N1CCNCC1. The maximum Gasteiger partial charge on any atom is 0.223 e. The lowest BCUT2D eigenvalue weighted by Crippen LogP contribution is -2.47. The maximum atomic E-state index is 12.4. The van der Waals surface area contributed by atoms with Crippen LogP contribution < -0.4 is 14.8 Å². The maximum absolute atomic E-state index is 12.4. The minimum Gasteiger partial charge on any atom is -0.486 e. The normalized spacial score (nSPS) is 23.7. The number of hydrogen-bond donors (Lipinski definition) is 1. The monoisotopic (exact) mass is 345 g/mol. The Kier molecular flexibility index (Phi) is 5.08. The Labute approximate surface area is 149 Å². The first-order valence-electron chi connectivity index (χ1n) is 9.43. The van der Waals surface area contributed by atoms with Crippen molar-refractivity contribution >= 4 is 5.91 Å². The molecule has 4 rings (SSSR count). The average molecular weight is 345 g/mol. The van der Waals surface area contributed by atoms with Gasteiger partial charge in [0.05, 0.1) is 0 Å². The predicted octanol–water partition coefficient (Wildman–Crippen LogP) is 1.42. The van der Waals surface area contributed by atoms with Crippen molar-refractivity contribution in [3.8, 4) is 11.5 Å². The molecule has 0 bridgehead atoms. The van der Waals surface area contributed by atoms with Gasteiger partial charge in [-0.2, -0.15) is 0 Å². The quantitative estimate of drug-likeness (QED) is 0.894. The van der Waals surface area contributed by atoms with Crippen LogP contribution >= 0.6 is 0 Å². The molecule has 3 aliphatic rings. The van der Waals surface area contributed by atoms with Crippen molar-refractivity contribution in [2.75, 3.05) is 52.5 Å². The van der Waals surface area contributed by atoms with E-state index in [9.17, 15) is 4.79 Å². The molecule has 1 N–H and O–H groups in total. The fourth-order valence-electron chi connectivity index (χ4n) is 4.05. The summed E-state index contributed by atoms with van der Waals surface area (Å²) in [5, 5.41) is 3.29. The third-order valence-corrected chi connectivity index (χ3v) is 5.40. The smallest absolute Gasteiger partial charge is 0.223 e. The Hall–Kier alpha value is -1.79. The van der Waals surface area contributed by atoms with Crippen LogP contribution in [0.4, 0.5) is 0 Å². The molecule has 6 heteroatoms. The van der Waals surface area contributed by atoms with Crippen molar-refractivity contribution in [3.63, 3.8) is 0 Å². The number of ether oxygens (including phenoxy) is 2. The number of likely N-dealkylation sites (tertiary alicyclic amines) is 1. The number of piperazine rings is 1. The molecule has 1 atom stereocenters. The first-order chi connectivity index (χ1) is 12.3. The van der Waals surface area contributed by atoms with Gasteiger partial charge in [0, 0.05) is 45.2 Å². The number of amides is 1. The standard InChI is InChI=1S/C19H27N3O3/c23-19(22-10-6-20-7-11-22)5-9-21-8-1-2-16(21)15-3-4-17-18(14-15)25-13-12-24-17/h3-4,14,16,20H,1-2,5-13H2. The number of rotatable bonds is 4. The first-order valence-corrected chi connectivity index (χ1v) is 9.43. The van der Waals surface area contributed by atoms with E-state index in [-0.39, 0.29) is 5.91 Å². The van der Waals surface area contributed by atoms with Crippen LogP contribution in [0.25, 0.3) is 0 Å². The van der Waals surface area contributed by atoms with E-state index in [1.807, 2.05) is 11.0 Å². The van der Waals surface area contributed by atoms with Crippen molar-refractivity contribution in [2.24, 2.45) is 0 Å². The molecule has 0 aliphatic carbocycles. The van der Waals surface area contributed by atoms with Gasteiger partial charge in [-0.05, 0) is 37.1 Å². The molecule has 1 aromatic carbocycles. The van der Waals surface area contributed by atoms with Gasteiger partial charge in [-0.15, -0.1) is 0 Å². The van der Waals surface area contributed by atoms with E-state index in [2.05, 4.69) is 22.3 Å². The minimum atomic E-state index is 0.286. The van der Waals surface area contributed by atoms with Crippen LogP contribution in [0.2, 0.25) is 0 Å². The van der Waals surface area contributed by atoms with E-state index in [0.29, 0.717) is 25.7 Å². The fourth-order valence-corrected chi connectivity index (χ4v) is 4.05. The lowest BCUT2D eigenvalue weighted by atomic mass is 10.0. The molecule has 2 saturated heterocycles. The third kappa shape index (κ3) is 3.75. The summed E-state index contributed by atoms with van der Waals surface area (Å²) in [5.41, 5.74) is 1.27. The summed E-state index contributed by atoms with van der Waals surface area (Å²) < 4.78 is 11.3. The highest BCUT2D eigenvalue weighted by Gasteiger charge is 2.28. The van der Waals surface area contributed by atoms with Gasteiger partial charge in [0.15, 0.2) is 11.5 Å². The number of carbonyl (C=O) groups is 1. The van der Waals surface area contributed by atoms with Gasteiger partial charge in [-0.3, -0.25) is 9.69 Å². The summed E-state index contributed by atoms with van der Waals surface area (Å²) in [5.74, 6) is 1.98. The van der Waals surface area contributed by atoms with E-state index < -0.39 is 0 Å². The molecular weight excluding hydrogens is 318 g/mol. The zero-order chi connectivity index (χ0) is 17.1. The first kappa shape index (κ1) is 16.7. The minimum absolute atomic E-state index is 0.286.